The summed E-state index contributed by atoms with van der Waals surface area (Å²) in [6, 6.07) is 7.77. The van der Waals surface area contributed by atoms with Gasteiger partial charge in [0.25, 0.3) is 0 Å². The van der Waals surface area contributed by atoms with Gasteiger partial charge < -0.3 is 24.7 Å². The molecule has 1 aromatic heterocycles. The molecular weight excluding hydrogens is 350 g/mol. The summed E-state index contributed by atoms with van der Waals surface area (Å²) in [6.07, 6.45) is 0. The maximum atomic E-state index is 12.3. The van der Waals surface area contributed by atoms with Gasteiger partial charge in [0.1, 0.15) is 17.9 Å². The highest BCUT2D eigenvalue weighted by Gasteiger charge is 2.39. The lowest BCUT2D eigenvalue weighted by Gasteiger charge is -2.26. The second kappa shape index (κ2) is 6.62. The molecule has 1 aliphatic heterocycles. The van der Waals surface area contributed by atoms with Gasteiger partial charge in [-0.25, -0.2) is 4.79 Å². The Kier molecular flexibility index (Phi) is 4.52. The van der Waals surface area contributed by atoms with Crippen molar-refractivity contribution in [2.75, 3.05) is 7.11 Å². The monoisotopic (exact) mass is 363 g/mol. The Morgan fingerprint density at radius 1 is 1.40 bits per heavy atom. The van der Waals surface area contributed by atoms with E-state index in [1.165, 1.54) is 7.11 Å². The van der Waals surface area contributed by atoms with Crippen LogP contribution >= 0.6 is 11.6 Å². The summed E-state index contributed by atoms with van der Waals surface area (Å²) in [6.45, 7) is -0.489. The molecule has 0 bridgehead atoms. The number of nitrogens with two attached hydrogens (primary N) is 1. The average molecular weight is 364 g/mol. The van der Waals surface area contributed by atoms with E-state index >= 15 is 0 Å². The summed E-state index contributed by atoms with van der Waals surface area (Å²) in [5.41, 5.74) is 5.88. The zero-order chi connectivity index (χ0) is 18.1. The van der Waals surface area contributed by atoms with Crippen LogP contribution in [0.3, 0.4) is 0 Å². The van der Waals surface area contributed by atoms with Crippen LogP contribution in [0.1, 0.15) is 23.0 Å². The largest absolute Gasteiger partial charge is 0.465 e. The third-order valence-electron chi connectivity index (χ3n) is 3.75. The summed E-state index contributed by atoms with van der Waals surface area (Å²) in [4.78, 5) is 24.5. The zero-order valence-electron chi connectivity index (χ0n) is 13.1. The van der Waals surface area contributed by atoms with Crippen molar-refractivity contribution in [1.29, 1.82) is 0 Å². The van der Waals surface area contributed by atoms with Gasteiger partial charge in [0.05, 0.1) is 13.0 Å². The molecule has 7 nitrogen and oxygen atoms in total. The number of esters is 1. The molecule has 2 heterocycles. The van der Waals surface area contributed by atoms with E-state index in [1.54, 1.807) is 24.3 Å². The first-order valence-corrected chi connectivity index (χ1v) is 7.63. The molecule has 0 radical (unpaired) electrons. The Bertz CT molecular complexity index is 933. The van der Waals surface area contributed by atoms with E-state index in [4.69, 9.17) is 31.2 Å². The molecule has 8 heteroatoms. The summed E-state index contributed by atoms with van der Waals surface area (Å²) >= 11 is 6.05. The van der Waals surface area contributed by atoms with Crippen molar-refractivity contribution >= 4 is 17.6 Å². The van der Waals surface area contributed by atoms with Crippen LogP contribution in [0.15, 0.2) is 51.0 Å². The molecule has 0 saturated heterocycles. The van der Waals surface area contributed by atoms with E-state index in [-0.39, 0.29) is 28.7 Å². The van der Waals surface area contributed by atoms with Gasteiger partial charge in [0, 0.05) is 11.1 Å². The highest BCUT2D eigenvalue weighted by molar-refractivity contribution is 6.30. The number of hydrogen-bond acceptors (Lipinski definition) is 7. The van der Waals surface area contributed by atoms with Crippen LogP contribution in [0.4, 0.5) is 0 Å². The topological polar surface area (TPSA) is 112 Å². The molecule has 3 rings (SSSR count). The Morgan fingerprint density at radius 2 is 2.16 bits per heavy atom. The minimum atomic E-state index is -0.867. The first kappa shape index (κ1) is 17.1. The third kappa shape index (κ3) is 2.99. The van der Waals surface area contributed by atoms with E-state index < -0.39 is 23.9 Å². The third-order valence-corrected chi connectivity index (χ3v) is 3.99. The predicted molar refractivity (Wildman–Crippen MR) is 88.1 cm³/mol. The number of aliphatic hydroxyl groups is 1. The summed E-state index contributed by atoms with van der Waals surface area (Å²) in [7, 11) is 1.20. The van der Waals surface area contributed by atoms with Gasteiger partial charge >= 0.3 is 5.97 Å². The SMILES string of the molecule is COC(=O)C1=C(N)Oc2c(oc(CO)cc2=O)C1c1cccc(Cl)c1. The predicted octanol–water partition coefficient (Wildman–Crippen LogP) is 1.65. The standard InChI is InChI=1S/C17H14ClNO6/c1-23-17(22)13-12(8-3-2-4-9(18)5-8)15-14(25-16(13)19)11(21)6-10(7-20)24-15/h2-6,12,20H,7,19H2,1H3. The number of methoxy groups -OCH3 is 1. The van der Waals surface area contributed by atoms with E-state index in [9.17, 15) is 14.7 Å². The Morgan fingerprint density at radius 3 is 2.80 bits per heavy atom. The smallest absolute Gasteiger partial charge is 0.340 e. The average Bonchev–Trinajstić information content (AvgIpc) is 2.60. The van der Waals surface area contributed by atoms with Crippen LogP contribution in [0.25, 0.3) is 0 Å². The van der Waals surface area contributed by atoms with Gasteiger partial charge in [-0.3, -0.25) is 4.79 Å². The first-order valence-electron chi connectivity index (χ1n) is 7.25. The molecule has 3 N–H and O–H groups in total. The van der Waals surface area contributed by atoms with Gasteiger partial charge in [-0.15, -0.1) is 0 Å². The van der Waals surface area contributed by atoms with E-state index in [2.05, 4.69) is 0 Å². The minimum absolute atomic E-state index is 0.0180. The van der Waals surface area contributed by atoms with Gasteiger partial charge in [-0.05, 0) is 17.7 Å². The van der Waals surface area contributed by atoms with Crippen LogP contribution in [0.2, 0.25) is 5.02 Å². The van der Waals surface area contributed by atoms with Crippen molar-refractivity contribution < 1.29 is 23.8 Å². The number of aliphatic hydroxyl groups excluding tert-OH is 1. The van der Waals surface area contributed by atoms with Gasteiger partial charge in [-0.2, -0.15) is 0 Å². The van der Waals surface area contributed by atoms with Crippen molar-refractivity contribution in [1.82, 2.24) is 0 Å². The first-order chi connectivity index (χ1) is 12.0. The second-order valence-corrected chi connectivity index (χ2v) is 5.72. The molecule has 0 amide bonds. The normalized spacial score (nSPS) is 16.2. The quantitative estimate of drug-likeness (QED) is 0.797. The highest BCUT2D eigenvalue weighted by atomic mass is 35.5. The van der Waals surface area contributed by atoms with Crippen LogP contribution in [-0.4, -0.2) is 18.2 Å². The Balaban J connectivity index is 2.31. The molecule has 1 unspecified atom stereocenters. The van der Waals surface area contributed by atoms with Gasteiger partial charge in [-0.1, -0.05) is 23.7 Å². The molecule has 2 aromatic rings. The highest BCUT2D eigenvalue weighted by Crippen LogP contribution is 2.42. The lowest BCUT2D eigenvalue weighted by atomic mass is 9.86. The molecule has 25 heavy (non-hydrogen) atoms. The number of rotatable bonds is 3. The number of halogens is 1. The van der Waals surface area contributed by atoms with Crippen molar-refractivity contribution in [3.63, 3.8) is 0 Å². The number of carbonyl (C=O) groups is 1. The van der Waals surface area contributed by atoms with E-state index in [1.807, 2.05) is 0 Å². The molecule has 130 valence electrons. The molecule has 0 spiro atoms. The molecule has 0 fully saturated rings. The van der Waals surface area contributed by atoms with Crippen molar-refractivity contribution in [3.8, 4) is 5.75 Å². The van der Waals surface area contributed by atoms with Crippen LogP contribution < -0.4 is 15.9 Å². The van der Waals surface area contributed by atoms with Crippen molar-refractivity contribution in [2.24, 2.45) is 5.73 Å². The number of benzene rings is 1. The van der Waals surface area contributed by atoms with Gasteiger partial charge in [0.15, 0.2) is 5.76 Å². The van der Waals surface area contributed by atoms with E-state index in [0.29, 0.717) is 10.6 Å². The van der Waals surface area contributed by atoms with Crippen molar-refractivity contribution in [3.05, 3.63) is 74.1 Å². The number of hydrogen-bond donors (Lipinski definition) is 2. The maximum absolute atomic E-state index is 12.3. The van der Waals surface area contributed by atoms with Gasteiger partial charge in [0.2, 0.25) is 17.1 Å². The zero-order valence-corrected chi connectivity index (χ0v) is 13.9. The van der Waals surface area contributed by atoms with Crippen LogP contribution in [0, 0.1) is 0 Å². The summed E-state index contributed by atoms with van der Waals surface area (Å²) in [5.74, 6) is -1.92. The second-order valence-electron chi connectivity index (χ2n) is 5.29. The number of ether oxygens (including phenoxy) is 2. The Hall–Kier alpha value is -2.77. The number of carbonyl (C=O) groups excluding carboxylic acids is 1. The molecule has 1 atom stereocenters. The molecule has 1 aromatic carbocycles. The summed E-state index contributed by atoms with van der Waals surface area (Å²) in [5, 5.41) is 9.74. The van der Waals surface area contributed by atoms with Crippen molar-refractivity contribution in [2.45, 2.75) is 12.5 Å². The molecule has 0 aliphatic carbocycles. The Labute approximate surface area is 147 Å². The fraction of sp³-hybridized carbons (Fsp3) is 0.176. The van der Waals surface area contributed by atoms with Crippen LogP contribution in [-0.2, 0) is 16.1 Å². The molecule has 0 saturated carbocycles. The molecule has 1 aliphatic rings. The fourth-order valence-electron chi connectivity index (χ4n) is 2.69. The summed E-state index contributed by atoms with van der Waals surface area (Å²) < 4.78 is 15.7. The molecular formula is C17H14ClNO6. The van der Waals surface area contributed by atoms with Crippen LogP contribution in [0.5, 0.6) is 5.75 Å². The lowest BCUT2D eigenvalue weighted by Crippen LogP contribution is -2.29. The van der Waals surface area contributed by atoms with E-state index in [0.717, 1.165) is 6.07 Å². The minimum Gasteiger partial charge on any atom is -0.465 e. The fourth-order valence-corrected chi connectivity index (χ4v) is 2.89. The number of fused-ring (bicyclic) bond motifs is 1. The lowest BCUT2D eigenvalue weighted by molar-refractivity contribution is -0.136. The maximum Gasteiger partial charge on any atom is 0.340 e.